The molecule has 5 nitrogen and oxygen atoms in total. The zero-order valence-electron chi connectivity index (χ0n) is 15.1. The lowest BCUT2D eigenvalue weighted by atomic mass is 10.2. The highest BCUT2D eigenvalue weighted by atomic mass is 35.5. The molecule has 0 aliphatic carbocycles. The van der Waals surface area contributed by atoms with Gasteiger partial charge in [-0.2, -0.15) is 0 Å². The summed E-state index contributed by atoms with van der Waals surface area (Å²) in [7, 11) is 0. The van der Waals surface area contributed by atoms with E-state index in [1.807, 2.05) is 32.9 Å². The third kappa shape index (κ3) is 4.53. The van der Waals surface area contributed by atoms with Gasteiger partial charge in [-0.1, -0.05) is 23.7 Å². The minimum atomic E-state index is -0.315. The van der Waals surface area contributed by atoms with Crippen LogP contribution in [0, 0.1) is 20.8 Å². The van der Waals surface area contributed by atoms with Gasteiger partial charge in [0.1, 0.15) is 5.82 Å². The molecule has 0 saturated heterocycles. The number of thiophene rings is 1. The summed E-state index contributed by atoms with van der Waals surface area (Å²) >= 11 is 7.27. The normalized spacial score (nSPS) is 10.5. The molecule has 0 unspecified atom stereocenters. The zero-order chi connectivity index (χ0) is 19.6. The Morgan fingerprint density at radius 1 is 1.00 bits per heavy atom. The zero-order valence-corrected chi connectivity index (χ0v) is 16.7. The lowest BCUT2D eigenvalue weighted by molar-refractivity contribution is 0.102. The molecule has 7 heteroatoms. The van der Waals surface area contributed by atoms with Gasteiger partial charge in [0.15, 0.2) is 0 Å². The van der Waals surface area contributed by atoms with Crippen LogP contribution < -0.4 is 10.6 Å². The summed E-state index contributed by atoms with van der Waals surface area (Å²) in [6.07, 6.45) is 0. The summed E-state index contributed by atoms with van der Waals surface area (Å²) in [5.74, 6) is -0.0648. The van der Waals surface area contributed by atoms with Gasteiger partial charge in [0, 0.05) is 5.69 Å². The standard InChI is InChI=1S/C20H18ClN3O2S/c1-11-8-13(3)22-16(9-11)23-20(26)18-12(2)10-17(27-18)24-19(25)14-6-4-5-7-15(14)21/h4-10H,1-3H3,(H,24,25)(H,22,23,26). The molecule has 3 aromatic rings. The Kier molecular flexibility index (Phi) is 5.58. The second-order valence-corrected chi connectivity index (χ2v) is 7.64. The Morgan fingerprint density at radius 2 is 1.74 bits per heavy atom. The largest absolute Gasteiger partial charge is 0.313 e. The average Bonchev–Trinajstić information content (AvgIpc) is 2.94. The van der Waals surface area contributed by atoms with Crippen LogP contribution in [0.15, 0.2) is 42.5 Å². The number of carbonyl (C=O) groups excluding carboxylic acids is 2. The third-order valence-corrected chi connectivity index (χ3v) is 5.30. The fourth-order valence-corrected chi connectivity index (χ4v) is 3.86. The molecule has 0 aliphatic heterocycles. The van der Waals surface area contributed by atoms with E-state index in [2.05, 4.69) is 15.6 Å². The lowest BCUT2D eigenvalue weighted by Gasteiger charge is -2.06. The molecule has 27 heavy (non-hydrogen) atoms. The van der Waals surface area contributed by atoms with Crippen molar-refractivity contribution < 1.29 is 9.59 Å². The Labute approximate surface area is 166 Å². The Morgan fingerprint density at radius 3 is 2.44 bits per heavy atom. The van der Waals surface area contributed by atoms with Crippen molar-refractivity contribution in [3.05, 3.63) is 74.7 Å². The van der Waals surface area contributed by atoms with Crippen molar-refractivity contribution in [2.45, 2.75) is 20.8 Å². The van der Waals surface area contributed by atoms with Gasteiger partial charge in [-0.05, 0) is 62.2 Å². The van der Waals surface area contributed by atoms with Crippen LogP contribution in [-0.2, 0) is 0 Å². The van der Waals surface area contributed by atoms with Crippen molar-refractivity contribution in [3.8, 4) is 0 Å². The molecule has 2 N–H and O–H groups in total. The van der Waals surface area contributed by atoms with Crippen molar-refractivity contribution in [3.63, 3.8) is 0 Å². The minimum Gasteiger partial charge on any atom is -0.313 e. The number of aryl methyl sites for hydroxylation is 3. The molecule has 0 bridgehead atoms. The van der Waals surface area contributed by atoms with Crippen LogP contribution in [0.4, 0.5) is 10.8 Å². The number of carbonyl (C=O) groups is 2. The van der Waals surface area contributed by atoms with E-state index in [-0.39, 0.29) is 11.8 Å². The number of nitrogens with zero attached hydrogens (tertiary/aromatic N) is 1. The van der Waals surface area contributed by atoms with E-state index in [0.717, 1.165) is 16.8 Å². The summed E-state index contributed by atoms with van der Waals surface area (Å²) in [4.78, 5) is 29.8. The Balaban J connectivity index is 1.76. The number of nitrogens with one attached hydrogen (secondary N) is 2. The number of halogens is 1. The number of aromatic nitrogens is 1. The molecule has 2 amide bonds. The van der Waals surface area contributed by atoms with Crippen LogP contribution in [0.3, 0.4) is 0 Å². The average molecular weight is 400 g/mol. The van der Waals surface area contributed by atoms with Crippen LogP contribution in [-0.4, -0.2) is 16.8 Å². The molecule has 2 aromatic heterocycles. The smallest absolute Gasteiger partial charge is 0.267 e. The van der Waals surface area contributed by atoms with Crippen LogP contribution in [0.25, 0.3) is 0 Å². The molecule has 1 aromatic carbocycles. The molecule has 0 spiro atoms. The number of rotatable bonds is 4. The van der Waals surface area contributed by atoms with E-state index in [9.17, 15) is 9.59 Å². The quantitative estimate of drug-likeness (QED) is 0.631. The predicted molar refractivity (Wildman–Crippen MR) is 110 cm³/mol. The van der Waals surface area contributed by atoms with Gasteiger partial charge in [-0.15, -0.1) is 11.3 Å². The van der Waals surface area contributed by atoms with E-state index in [4.69, 9.17) is 11.6 Å². The molecule has 0 saturated carbocycles. The Bertz CT molecular complexity index is 1010. The highest BCUT2D eigenvalue weighted by Crippen LogP contribution is 2.28. The molecule has 0 fully saturated rings. The topological polar surface area (TPSA) is 71.1 Å². The molecule has 3 rings (SSSR count). The fraction of sp³-hybridized carbons (Fsp3) is 0.150. The van der Waals surface area contributed by atoms with Crippen molar-refractivity contribution in [2.75, 3.05) is 10.6 Å². The lowest BCUT2D eigenvalue weighted by Crippen LogP contribution is -2.13. The van der Waals surface area contributed by atoms with E-state index in [1.54, 1.807) is 30.3 Å². The van der Waals surface area contributed by atoms with Gasteiger partial charge in [0.05, 0.1) is 20.5 Å². The first-order valence-electron chi connectivity index (χ1n) is 8.26. The van der Waals surface area contributed by atoms with Crippen molar-refractivity contribution in [2.24, 2.45) is 0 Å². The van der Waals surface area contributed by atoms with Gasteiger partial charge >= 0.3 is 0 Å². The summed E-state index contributed by atoms with van der Waals surface area (Å²) < 4.78 is 0. The number of hydrogen-bond donors (Lipinski definition) is 2. The highest BCUT2D eigenvalue weighted by molar-refractivity contribution is 7.18. The van der Waals surface area contributed by atoms with Crippen molar-refractivity contribution >= 4 is 45.6 Å². The molecule has 2 heterocycles. The van der Waals surface area contributed by atoms with Crippen molar-refractivity contribution in [1.29, 1.82) is 0 Å². The van der Waals surface area contributed by atoms with Gasteiger partial charge < -0.3 is 10.6 Å². The maximum atomic E-state index is 12.6. The number of amides is 2. The summed E-state index contributed by atoms with van der Waals surface area (Å²) in [5, 5.41) is 6.57. The van der Waals surface area contributed by atoms with Gasteiger partial charge in [-0.25, -0.2) is 4.98 Å². The van der Waals surface area contributed by atoms with Crippen LogP contribution in [0.2, 0.25) is 5.02 Å². The van der Waals surface area contributed by atoms with E-state index in [1.165, 1.54) is 11.3 Å². The highest BCUT2D eigenvalue weighted by Gasteiger charge is 2.17. The van der Waals surface area contributed by atoms with Gasteiger partial charge in [-0.3, -0.25) is 9.59 Å². The minimum absolute atomic E-state index is 0.256. The first-order valence-corrected chi connectivity index (χ1v) is 9.46. The first kappa shape index (κ1) is 19.1. The molecular weight excluding hydrogens is 382 g/mol. The number of benzene rings is 1. The summed E-state index contributed by atoms with van der Waals surface area (Å²) in [6, 6.07) is 12.3. The second kappa shape index (κ2) is 7.90. The maximum absolute atomic E-state index is 12.6. The monoisotopic (exact) mass is 399 g/mol. The van der Waals surface area contributed by atoms with E-state index >= 15 is 0 Å². The van der Waals surface area contributed by atoms with Gasteiger partial charge in [0.25, 0.3) is 11.8 Å². The SMILES string of the molecule is Cc1cc(C)nc(NC(=O)c2sc(NC(=O)c3ccccc3Cl)cc2C)c1. The molecule has 0 aliphatic rings. The molecule has 138 valence electrons. The van der Waals surface area contributed by atoms with Gasteiger partial charge in [0.2, 0.25) is 0 Å². The summed E-state index contributed by atoms with van der Waals surface area (Å²) in [5.41, 5.74) is 3.02. The molecule has 0 atom stereocenters. The second-order valence-electron chi connectivity index (χ2n) is 6.18. The van der Waals surface area contributed by atoms with E-state index in [0.29, 0.717) is 26.3 Å². The molecule has 0 radical (unpaired) electrons. The Hall–Kier alpha value is -2.70. The van der Waals surface area contributed by atoms with Crippen LogP contribution in [0.1, 0.15) is 36.9 Å². The van der Waals surface area contributed by atoms with E-state index < -0.39 is 0 Å². The van der Waals surface area contributed by atoms with Crippen LogP contribution >= 0.6 is 22.9 Å². The van der Waals surface area contributed by atoms with Crippen LogP contribution in [0.5, 0.6) is 0 Å². The third-order valence-electron chi connectivity index (χ3n) is 3.82. The summed E-state index contributed by atoms with van der Waals surface area (Å²) in [6.45, 7) is 5.65. The maximum Gasteiger partial charge on any atom is 0.267 e. The number of hydrogen-bond acceptors (Lipinski definition) is 4. The number of pyridine rings is 1. The number of anilines is 2. The first-order chi connectivity index (χ1) is 12.8. The fourth-order valence-electron chi connectivity index (χ4n) is 2.67. The van der Waals surface area contributed by atoms with Crippen molar-refractivity contribution in [1.82, 2.24) is 4.98 Å². The molecular formula is C20H18ClN3O2S. The predicted octanol–water partition coefficient (Wildman–Crippen LogP) is 5.23.